The monoisotopic (exact) mass is 309 g/mol. The number of hydrogen-bond donors (Lipinski definition) is 3. The Kier molecular flexibility index (Phi) is 3.45. The highest BCUT2D eigenvalue weighted by molar-refractivity contribution is 5.81. The van der Waals surface area contributed by atoms with E-state index in [-0.39, 0.29) is 0 Å². The number of H-pyrrole nitrogens is 1. The molecule has 3 heterocycles. The molecule has 1 aliphatic rings. The van der Waals surface area contributed by atoms with Crippen LogP contribution in [0.15, 0.2) is 36.7 Å². The molecule has 1 aromatic carbocycles. The Labute approximate surface area is 133 Å². The van der Waals surface area contributed by atoms with Gasteiger partial charge in [-0.25, -0.2) is 4.98 Å². The van der Waals surface area contributed by atoms with Gasteiger partial charge in [0.25, 0.3) is 0 Å². The molecule has 0 bridgehead atoms. The van der Waals surface area contributed by atoms with Gasteiger partial charge in [-0.2, -0.15) is 10.1 Å². The summed E-state index contributed by atoms with van der Waals surface area (Å²) in [5.41, 5.74) is 7.86. The lowest BCUT2D eigenvalue weighted by atomic mass is 10.1. The summed E-state index contributed by atoms with van der Waals surface area (Å²) in [6, 6.07) is 8.55. The van der Waals surface area contributed by atoms with Gasteiger partial charge in [-0.1, -0.05) is 0 Å². The molecule has 1 unspecified atom stereocenters. The van der Waals surface area contributed by atoms with E-state index in [9.17, 15) is 0 Å². The van der Waals surface area contributed by atoms with Crippen LogP contribution < -0.4 is 16.0 Å². The van der Waals surface area contributed by atoms with Gasteiger partial charge in [0.15, 0.2) is 0 Å². The first kappa shape index (κ1) is 13.8. The predicted octanol–water partition coefficient (Wildman–Crippen LogP) is 2.02. The van der Waals surface area contributed by atoms with Crippen molar-refractivity contribution in [2.24, 2.45) is 0 Å². The van der Waals surface area contributed by atoms with Crippen LogP contribution in [0.2, 0.25) is 0 Å². The van der Waals surface area contributed by atoms with Crippen LogP contribution in [-0.2, 0) is 0 Å². The first-order chi connectivity index (χ1) is 11.3. The van der Waals surface area contributed by atoms with Gasteiger partial charge in [0, 0.05) is 36.4 Å². The first-order valence-corrected chi connectivity index (χ1v) is 7.81. The molecule has 1 fully saturated rings. The summed E-state index contributed by atoms with van der Waals surface area (Å²) in [7, 11) is 0. The fraction of sp³-hybridized carbons (Fsp3) is 0.312. The van der Waals surface area contributed by atoms with Crippen LogP contribution in [0.1, 0.15) is 12.8 Å². The number of fused-ring (bicyclic) bond motifs is 1. The molecule has 118 valence electrons. The standard InChI is InChI=1S/C16H19N7/c17-16-18-6-5-15(21-16)23-7-1-2-13(10-23)20-12-3-4-14-11(8-12)9-19-22-14/h3-6,8-9,13,20H,1-2,7,10H2,(H,19,22)(H2,17,18,21). The number of benzene rings is 1. The fourth-order valence-electron chi connectivity index (χ4n) is 3.11. The van der Waals surface area contributed by atoms with E-state index in [4.69, 9.17) is 5.73 Å². The summed E-state index contributed by atoms with van der Waals surface area (Å²) in [6.45, 7) is 1.90. The Morgan fingerprint density at radius 1 is 1.30 bits per heavy atom. The fourth-order valence-corrected chi connectivity index (χ4v) is 3.11. The molecule has 2 aromatic heterocycles. The number of rotatable bonds is 3. The van der Waals surface area contributed by atoms with E-state index < -0.39 is 0 Å². The molecular formula is C16H19N7. The van der Waals surface area contributed by atoms with Crippen LogP contribution in [0.25, 0.3) is 10.9 Å². The molecule has 1 aliphatic heterocycles. The number of nitrogens with zero attached hydrogens (tertiary/aromatic N) is 4. The second-order valence-electron chi connectivity index (χ2n) is 5.87. The van der Waals surface area contributed by atoms with Crippen molar-refractivity contribution in [1.29, 1.82) is 0 Å². The van der Waals surface area contributed by atoms with Gasteiger partial charge in [0.1, 0.15) is 5.82 Å². The van der Waals surface area contributed by atoms with E-state index in [1.807, 2.05) is 12.3 Å². The number of nitrogen functional groups attached to an aromatic ring is 1. The molecular weight excluding hydrogens is 290 g/mol. The number of nitrogens with one attached hydrogen (secondary N) is 2. The quantitative estimate of drug-likeness (QED) is 0.685. The molecule has 1 atom stereocenters. The van der Waals surface area contributed by atoms with Crippen molar-refractivity contribution in [3.8, 4) is 0 Å². The van der Waals surface area contributed by atoms with Crippen LogP contribution in [0.3, 0.4) is 0 Å². The van der Waals surface area contributed by atoms with Crippen LogP contribution in [0.5, 0.6) is 0 Å². The zero-order valence-electron chi connectivity index (χ0n) is 12.7. The normalized spacial score (nSPS) is 18.3. The summed E-state index contributed by atoms with van der Waals surface area (Å²) in [6.07, 6.45) is 5.81. The average molecular weight is 309 g/mol. The number of anilines is 3. The summed E-state index contributed by atoms with van der Waals surface area (Å²) in [4.78, 5) is 10.5. The molecule has 23 heavy (non-hydrogen) atoms. The Hall–Kier alpha value is -2.83. The van der Waals surface area contributed by atoms with E-state index in [0.717, 1.165) is 48.3 Å². The van der Waals surface area contributed by atoms with E-state index in [1.165, 1.54) is 0 Å². The molecule has 0 amide bonds. The van der Waals surface area contributed by atoms with Crippen LogP contribution in [0, 0.1) is 0 Å². The van der Waals surface area contributed by atoms with Crippen molar-refractivity contribution in [3.05, 3.63) is 36.7 Å². The lowest BCUT2D eigenvalue weighted by Crippen LogP contribution is -2.42. The van der Waals surface area contributed by atoms with E-state index in [1.54, 1.807) is 6.20 Å². The molecule has 0 saturated carbocycles. The van der Waals surface area contributed by atoms with Gasteiger partial charge in [0.05, 0.1) is 11.7 Å². The summed E-state index contributed by atoms with van der Waals surface area (Å²) in [5.74, 6) is 1.22. The minimum atomic E-state index is 0.322. The molecule has 4 rings (SSSR count). The smallest absolute Gasteiger partial charge is 0.221 e. The Morgan fingerprint density at radius 3 is 3.17 bits per heavy atom. The van der Waals surface area contributed by atoms with Crippen molar-refractivity contribution >= 4 is 28.4 Å². The minimum absolute atomic E-state index is 0.322. The number of aromatic amines is 1. The summed E-state index contributed by atoms with van der Waals surface area (Å²) in [5, 5.41) is 11.8. The van der Waals surface area contributed by atoms with Gasteiger partial charge in [-0.15, -0.1) is 0 Å². The molecule has 0 radical (unpaired) electrons. The molecule has 4 N–H and O–H groups in total. The predicted molar refractivity (Wildman–Crippen MR) is 91.4 cm³/mol. The summed E-state index contributed by atoms with van der Waals surface area (Å²) < 4.78 is 0. The lowest BCUT2D eigenvalue weighted by molar-refractivity contribution is 0.527. The van der Waals surface area contributed by atoms with Gasteiger partial charge < -0.3 is 16.0 Å². The highest BCUT2D eigenvalue weighted by Crippen LogP contribution is 2.22. The van der Waals surface area contributed by atoms with Gasteiger partial charge >= 0.3 is 0 Å². The lowest BCUT2D eigenvalue weighted by Gasteiger charge is -2.34. The molecule has 7 heteroatoms. The number of piperidine rings is 1. The zero-order chi connectivity index (χ0) is 15.6. The highest BCUT2D eigenvalue weighted by Gasteiger charge is 2.21. The van der Waals surface area contributed by atoms with Crippen LogP contribution in [-0.4, -0.2) is 39.3 Å². The minimum Gasteiger partial charge on any atom is -0.381 e. The largest absolute Gasteiger partial charge is 0.381 e. The number of hydrogen-bond acceptors (Lipinski definition) is 6. The van der Waals surface area contributed by atoms with E-state index in [2.05, 4.69) is 48.6 Å². The highest BCUT2D eigenvalue weighted by atomic mass is 15.2. The molecule has 7 nitrogen and oxygen atoms in total. The zero-order valence-corrected chi connectivity index (χ0v) is 12.7. The summed E-state index contributed by atoms with van der Waals surface area (Å²) >= 11 is 0. The van der Waals surface area contributed by atoms with Crippen molar-refractivity contribution in [2.75, 3.05) is 29.0 Å². The van der Waals surface area contributed by atoms with Crippen molar-refractivity contribution in [2.45, 2.75) is 18.9 Å². The third kappa shape index (κ3) is 2.90. The van der Waals surface area contributed by atoms with Gasteiger partial charge in [0.2, 0.25) is 5.95 Å². The van der Waals surface area contributed by atoms with Crippen molar-refractivity contribution in [1.82, 2.24) is 20.2 Å². The SMILES string of the molecule is Nc1nccc(N2CCCC(Nc3ccc4[nH]ncc4c3)C2)n1. The van der Waals surface area contributed by atoms with Gasteiger partial charge in [-0.05, 0) is 37.1 Å². The second kappa shape index (κ2) is 5.75. The molecule has 3 aromatic rings. The van der Waals surface area contributed by atoms with Crippen LogP contribution in [0.4, 0.5) is 17.5 Å². The molecule has 0 spiro atoms. The molecule has 0 aliphatic carbocycles. The Morgan fingerprint density at radius 2 is 2.26 bits per heavy atom. The maximum Gasteiger partial charge on any atom is 0.221 e. The van der Waals surface area contributed by atoms with Crippen molar-refractivity contribution in [3.63, 3.8) is 0 Å². The van der Waals surface area contributed by atoms with E-state index in [0.29, 0.717) is 12.0 Å². The molecule has 1 saturated heterocycles. The maximum atomic E-state index is 5.69. The topological polar surface area (TPSA) is 95.8 Å². The van der Waals surface area contributed by atoms with Crippen molar-refractivity contribution < 1.29 is 0 Å². The van der Waals surface area contributed by atoms with E-state index >= 15 is 0 Å². The number of nitrogens with two attached hydrogens (primary N) is 1. The Balaban J connectivity index is 1.48. The Bertz CT molecular complexity index is 813. The second-order valence-corrected chi connectivity index (χ2v) is 5.87. The van der Waals surface area contributed by atoms with Crippen LogP contribution >= 0.6 is 0 Å². The number of aromatic nitrogens is 4. The first-order valence-electron chi connectivity index (χ1n) is 7.81. The maximum absolute atomic E-state index is 5.69. The third-order valence-corrected chi connectivity index (χ3v) is 4.22. The third-order valence-electron chi connectivity index (χ3n) is 4.22. The van der Waals surface area contributed by atoms with Gasteiger partial charge in [-0.3, -0.25) is 5.10 Å². The average Bonchev–Trinajstić information content (AvgIpc) is 3.03.